The second kappa shape index (κ2) is 6.63. The molecule has 126 valence electrons. The van der Waals surface area contributed by atoms with Gasteiger partial charge < -0.3 is 5.32 Å². The standard InChI is InChI=1S/C21H21N3O/c1-2-16-19(14-8-4-3-5-9-14)20(24-21(25)15-12-13-15)23-18-11-7-6-10-17(18)22-16/h3-11,15,19H,2,12-13H2,1H3,(H,23,24,25). The molecule has 1 N–H and O–H groups in total. The van der Waals surface area contributed by atoms with Crippen molar-refractivity contribution in [2.24, 2.45) is 15.9 Å². The Morgan fingerprint density at radius 2 is 1.64 bits per heavy atom. The molecule has 2 aromatic carbocycles. The van der Waals surface area contributed by atoms with Crippen LogP contribution in [-0.4, -0.2) is 17.5 Å². The predicted octanol–water partition coefficient (Wildman–Crippen LogP) is 4.52. The van der Waals surface area contributed by atoms with E-state index in [0.29, 0.717) is 5.84 Å². The molecule has 4 heteroatoms. The van der Waals surface area contributed by atoms with E-state index >= 15 is 0 Å². The van der Waals surface area contributed by atoms with Crippen LogP contribution >= 0.6 is 0 Å². The highest BCUT2D eigenvalue weighted by atomic mass is 16.2. The minimum atomic E-state index is -0.124. The number of hydrogen-bond donors (Lipinski definition) is 1. The Kier molecular flexibility index (Phi) is 4.18. The first-order valence-electron chi connectivity index (χ1n) is 8.87. The SMILES string of the molecule is CCC1=Nc2ccccc2N=C(NC(=O)C2CC2)C1c1ccccc1. The van der Waals surface area contributed by atoms with Gasteiger partial charge in [-0.15, -0.1) is 0 Å². The van der Waals surface area contributed by atoms with E-state index in [0.717, 1.165) is 41.9 Å². The van der Waals surface area contributed by atoms with Crippen LogP contribution in [0.25, 0.3) is 0 Å². The summed E-state index contributed by atoms with van der Waals surface area (Å²) >= 11 is 0. The summed E-state index contributed by atoms with van der Waals surface area (Å²) in [5.41, 5.74) is 3.78. The molecule has 0 saturated heterocycles. The van der Waals surface area contributed by atoms with Gasteiger partial charge in [0, 0.05) is 11.6 Å². The lowest BCUT2D eigenvalue weighted by Crippen LogP contribution is -2.38. The third-order valence-electron chi connectivity index (χ3n) is 4.69. The molecule has 1 fully saturated rings. The molecule has 1 amide bonds. The third kappa shape index (κ3) is 3.25. The van der Waals surface area contributed by atoms with Gasteiger partial charge in [-0.3, -0.25) is 9.79 Å². The highest BCUT2D eigenvalue weighted by Gasteiger charge is 2.33. The van der Waals surface area contributed by atoms with E-state index in [1.165, 1.54) is 0 Å². The highest BCUT2D eigenvalue weighted by molar-refractivity contribution is 6.18. The van der Waals surface area contributed by atoms with Crippen molar-refractivity contribution in [3.8, 4) is 0 Å². The summed E-state index contributed by atoms with van der Waals surface area (Å²) in [6.45, 7) is 2.10. The number of amides is 1. The van der Waals surface area contributed by atoms with Gasteiger partial charge in [0.15, 0.2) is 0 Å². The van der Waals surface area contributed by atoms with Gasteiger partial charge in [-0.05, 0) is 37.0 Å². The summed E-state index contributed by atoms with van der Waals surface area (Å²) in [5.74, 6) is 0.782. The second-order valence-corrected chi connectivity index (χ2v) is 6.55. The van der Waals surface area contributed by atoms with Gasteiger partial charge in [-0.2, -0.15) is 0 Å². The average Bonchev–Trinajstić information content (AvgIpc) is 3.48. The first-order chi connectivity index (χ1) is 12.3. The second-order valence-electron chi connectivity index (χ2n) is 6.55. The zero-order valence-corrected chi connectivity index (χ0v) is 14.3. The number of nitrogens with one attached hydrogen (secondary N) is 1. The van der Waals surface area contributed by atoms with Crippen LogP contribution in [0.2, 0.25) is 0 Å². The monoisotopic (exact) mass is 331 g/mol. The number of benzene rings is 2. The molecule has 0 aromatic heterocycles. The summed E-state index contributed by atoms with van der Waals surface area (Å²) in [7, 11) is 0. The Morgan fingerprint density at radius 3 is 2.28 bits per heavy atom. The van der Waals surface area contributed by atoms with Crippen LogP contribution in [-0.2, 0) is 4.79 Å². The number of hydrogen-bond acceptors (Lipinski definition) is 3. The Labute approximate surface area is 147 Å². The van der Waals surface area contributed by atoms with Crippen molar-refractivity contribution in [2.45, 2.75) is 32.1 Å². The van der Waals surface area contributed by atoms with E-state index in [-0.39, 0.29) is 17.7 Å². The zero-order chi connectivity index (χ0) is 17.2. The number of para-hydroxylation sites is 2. The molecule has 0 bridgehead atoms. The van der Waals surface area contributed by atoms with Gasteiger partial charge in [-0.1, -0.05) is 49.4 Å². The van der Waals surface area contributed by atoms with Crippen LogP contribution in [0.4, 0.5) is 11.4 Å². The van der Waals surface area contributed by atoms with Crippen molar-refractivity contribution >= 4 is 28.8 Å². The molecular formula is C21H21N3O. The Bertz CT molecular complexity index is 850. The Balaban J connectivity index is 1.83. The number of carbonyl (C=O) groups is 1. The molecule has 25 heavy (non-hydrogen) atoms. The highest BCUT2D eigenvalue weighted by Crippen LogP contribution is 2.35. The van der Waals surface area contributed by atoms with Crippen molar-refractivity contribution in [3.05, 3.63) is 60.2 Å². The van der Waals surface area contributed by atoms with Crippen molar-refractivity contribution in [2.75, 3.05) is 0 Å². The zero-order valence-electron chi connectivity index (χ0n) is 14.3. The van der Waals surface area contributed by atoms with Gasteiger partial charge in [0.1, 0.15) is 5.84 Å². The lowest BCUT2D eigenvalue weighted by Gasteiger charge is -2.20. The molecule has 2 aromatic rings. The minimum Gasteiger partial charge on any atom is -0.313 e. The van der Waals surface area contributed by atoms with Crippen molar-refractivity contribution in [1.82, 2.24) is 5.32 Å². The number of aliphatic imine (C=N–C) groups is 2. The molecule has 4 nitrogen and oxygen atoms in total. The first-order valence-corrected chi connectivity index (χ1v) is 8.87. The van der Waals surface area contributed by atoms with E-state index in [9.17, 15) is 4.79 Å². The fourth-order valence-electron chi connectivity index (χ4n) is 3.18. The Morgan fingerprint density at radius 1 is 1.00 bits per heavy atom. The number of nitrogens with zero attached hydrogens (tertiary/aromatic N) is 2. The first kappa shape index (κ1) is 15.8. The van der Waals surface area contributed by atoms with Crippen LogP contribution in [0.5, 0.6) is 0 Å². The molecule has 1 heterocycles. The maximum atomic E-state index is 12.4. The quantitative estimate of drug-likeness (QED) is 0.883. The number of amidine groups is 1. The van der Waals surface area contributed by atoms with Gasteiger partial charge in [-0.25, -0.2) is 4.99 Å². The normalized spacial score (nSPS) is 19.3. The maximum absolute atomic E-state index is 12.4. The largest absolute Gasteiger partial charge is 0.313 e. The van der Waals surface area contributed by atoms with Crippen LogP contribution < -0.4 is 5.32 Å². The fraction of sp³-hybridized carbons (Fsp3) is 0.286. The fourth-order valence-corrected chi connectivity index (χ4v) is 3.18. The molecule has 0 radical (unpaired) electrons. The van der Waals surface area contributed by atoms with Crippen molar-refractivity contribution in [3.63, 3.8) is 0 Å². The summed E-state index contributed by atoms with van der Waals surface area (Å²) < 4.78 is 0. The number of carbonyl (C=O) groups excluding carboxylic acids is 1. The summed E-state index contributed by atoms with van der Waals surface area (Å²) in [6.07, 6.45) is 2.74. The predicted molar refractivity (Wildman–Crippen MR) is 101 cm³/mol. The van der Waals surface area contributed by atoms with Crippen LogP contribution in [0, 0.1) is 5.92 Å². The topological polar surface area (TPSA) is 53.8 Å². The van der Waals surface area contributed by atoms with Crippen LogP contribution in [0.3, 0.4) is 0 Å². The van der Waals surface area contributed by atoms with E-state index < -0.39 is 0 Å². The van der Waals surface area contributed by atoms with E-state index in [2.05, 4.69) is 24.4 Å². The van der Waals surface area contributed by atoms with Gasteiger partial charge >= 0.3 is 0 Å². The van der Waals surface area contributed by atoms with Crippen molar-refractivity contribution < 1.29 is 4.79 Å². The molecular weight excluding hydrogens is 310 g/mol. The van der Waals surface area contributed by atoms with E-state index in [1.807, 2.05) is 42.5 Å². The molecule has 1 aliphatic heterocycles. The number of rotatable bonds is 3. The van der Waals surface area contributed by atoms with Gasteiger partial charge in [0.25, 0.3) is 0 Å². The lowest BCUT2D eigenvalue weighted by molar-refractivity contribution is -0.120. The molecule has 4 rings (SSSR count). The van der Waals surface area contributed by atoms with Gasteiger partial charge in [0.05, 0.1) is 17.3 Å². The minimum absolute atomic E-state index is 0.0783. The Hall–Kier alpha value is -2.75. The van der Waals surface area contributed by atoms with E-state index in [4.69, 9.17) is 9.98 Å². The smallest absolute Gasteiger partial charge is 0.228 e. The van der Waals surface area contributed by atoms with Crippen LogP contribution in [0.15, 0.2) is 64.6 Å². The summed E-state index contributed by atoms with van der Waals surface area (Å²) in [4.78, 5) is 22.1. The number of fused-ring (bicyclic) bond motifs is 1. The van der Waals surface area contributed by atoms with Crippen LogP contribution in [0.1, 0.15) is 37.7 Å². The average molecular weight is 331 g/mol. The molecule has 1 saturated carbocycles. The molecule has 0 spiro atoms. The molecule has 1 aliphatic carbocycles. The summed E-state index contributed by atoms with van der Waals surface area (Å²) in [6, 6.07) is 18.0. The maximum Gasteiger partial charge on any atom is 0.228 e. The van der Waals surface area contributed by atoms with E-state index in [1.54, 1.807) is 0 Å². The lowest BCUT2D eigenvalue weighted by atomic mass is 9.91. The molecule has 2 aliphatic rings. The third-order valence-corrected chi connectivity index (χ3v) is 4.69. The molecule has 1 atom stereocenters. The summed E-state index contributed by atoms with van der Waals surface area (Å²) in [5, 5.41) is 3.10. The van der Waals surface area contributed by atoms with Gasteiger partial charge in [0.2, 0.25) is 5.91 Å². The molecule has 1 unspecified atom stereocenters. The van der Waals surface area contributed by atoms with Crippen molar-refractivity contribution in [1.29, 1.82) is 0 Å².